The molecule has 0 aromatic rings. The molecule has 9 heteroatoms. The van der Waals surface area contributed by atoms with E-state index in [2.05, 4.69) is 5.32 Å². The summed E-state index contributed by atoms with van der Waals surface area (Å²) in [5.41, 5.74) is 0. The molecule has 7 nitrogen and oxygen atoms in total. The minimum absolute atomic E-state index is 0.0259. The molecule has 0 radical (unpaired) electrons. The predicted molar refractivity (Wildman–Crippen MR) is 74.3 cm³/mol. The van der Waals surface area contributed by atoms with Crippen molar-refractivity contribution in [2.45, 2.75) is 25.3 Å². The van der Waals surface area contributed by atoms with Crippen molar-refractivity contribution < 1.29 is 21.6 Å². The van der Waals surface area contributed by atoms with Gasteiger partial charge in [-0.1, -0.05) is 0 Å². The zero-order chi connectivity index (χ0) is 15.0. The molecule has 2 fully saturated rings. The fraction of sp³-hybridized carbons (Fsp3) is 0.909. The average Bonchev–Trinajstić information content (AvgIpc) is 3.08. The highest BCUT2D eigenvalue weighted by atomic mass is 32.2. The lowest BCUT2D eigenvalue weighted by Gasteiger charge is -2.25. The molecule has 1 aliphatic heterocycles. The van der Waals surface area contributed by atoms with E-state index in [0.29, 0.717) is 6.42 Å². The van der Waals surface area contributed by atoms with E-state index in [1.165, 1.54) is 4.31 Å². The van der Waals surface area contributed by atoms with E-state index in [0.717, 1.165) is 19.1 Å². The summed E-state index contributed by atoms with van der Waals surface area (Å²) in [6, 6.07) is -0.507. The number of hydrogen-bond acceptors (Lipinski definition) is 5. The van der Waals surface area contributed by atoms with Crippen LogP contribution in [0.4, 0.5) is 0 Å². The van der Waals surface area contributed by atoms with Gasteiger partial charge < -0.3 is 5.32 Å². The zero-order valence-electron chi connectivity index (χ0n) is 11.4. The Morgan fingerprint density at radius 3 is 2.40 bits per heavy atom. The molecule has 1 aliphatic carbocycles. The van der Waals surface area contributed by atoms with Crippen molar-refractivity contribution >= 4 is 25.8 Å². The summed E-state index contributed by atoms with van der Waals surface area (Å²) >= 11 is 0. The first-order valence-electron chi connectivity index (χ1n) is 6.64. The molecule has 20 heavy (non-hydrogen) atoms. The Morgan fingerprint density at radius 1 is 1.30 bits per heavy atom. The third-order valence-electron chi connectivity index (χ3n) is 3.62. The standard InChI is InChI=1S/C11H20N2O5S2/c1-19(15,16)13(10-4-7-20(17,18)8-10)6-5-12-11(14)9-2-3-9/h9-10H,2-8H2,1H3,(H,12,14). The molecule has 0 spiro atoms. The van der Waals surface area contributed by atoms with Gasteiger partial charge >= 0.3 is 0 Å². The van der Waals surface area contributed by atoms with Gasteiger partial charge in [-0.3, -0.25) is 4.79 Å². The number of rotatable bonds is 6. The number of nitrogens with zero attached hydrogens (tertiary/aromatic N) is 1. The minimum atomic E-state index is -3.48. The molecule has 2 rings (SSSR count). The maximum atomic E-state index is 11.8. The lowest BCUT2D eigenvalue weighted by atomic mass is 10.2. The van der Waals surface area contributed by atoms with E-state index in [1.807, 2.05) is 0 Å². The van der Waals surface area contributed by atoms with Crippen LogP contribution in [0.2, 0.25) is 0 Å². The van der Waals surface area contributed by atoms with Gasteiger partial charge in [0, 0.05) is 25.0 Å². The SMILES string of the molecule is CS(=O)(=O)N(CCNC(=O)C1CC1)C1CCS(=O)(=O)C1. The predicted octanol–water partition coefficient (Wildman–Crippen LogP) is -1.04. The second-order valence-corrected chi connectivity index (χ2v) is 9.66. The first-order chi connectivity index (χ1) is 9.19. The minimum Gasteiger partial charge on any atom is -0.355 e. The van der Waals surface area contributed by atoms with Crippen molar-refractivity contribution in [3.63, 3.8) is 0 Å². The van der Waals surface area contributed by atoms with E-state index in [-0.39, 0.29) is 36.4 Å². The first kappa shape index (κ1) is 15.7. The van der Waals surface area contributed by atoms with Crippen LogP contribution < -0.4 is 5.32 Å². The van der Waals surface area contributed by atoms with Crippen molar-refractivity contribution in [3.8, 4) is 0 Å². The van der Waals surface area contributed by atoms with Crippen molar-refractivity contribution in [3.05, 3.63) is 0 Å². The zero-order valence-corrected chi connectivity index (χ0v) is 13.0. The Kier molecular flexibility index (Phi) is 4.41. The molecule has 0 bridgehead atoms. The molecule has 1 atom stereocenters. The third kappa shape index (κ3) is 4.16. The molecule has 1 heterocycles. The van der Waals surface area contributed by atoms with Crippen LogP contribution in [-0.4, -0.2) is 63.9 Å². The van der Waals surface area contributed by atoms with Crippen LogP contribution >= 0.6 is 0 Å². The van der Waals surface area contributed by atoms with E-state index in [1.54, 1.807) is 0 Å². The van der Waals surface area contributed by atoms with Crippen LogP contribution in [0.1, 0.15) is 19.3 Å². The van der Waals surface area contributed by atoms with Gasteiger partial charge in [0.05, 0.1) is 17.8 Å². The molecule has 2 aliphatic rings. The largest absolute Gasteiger partial charge is 0.355 e. The number of carbonyl (C=O) groups is 1. The smallest absolute Gasteiger partial charge is 0.223 e. The fourth-order valence-electron chi connectivity index (χ4n) is 2.40. The summed E-state index contributed by atoms with van der Waals surface area (Å²) in [5, 5.41) is 2.70. The van der Waals surface area contributed by atoms with E-state index >= 15 is 0 Å². The third-order valence-corrected chi connectivity index (χ3v) is 6.70. The molecule has 1 saturated carbocycles. The number of amides is 1. The van der Waals surface area contributed by atoms with Gasteiger partial charge in [-0.25, -0.2) is 16.8 Å². The number of nitrogens with one attached hydrogen (secondary N) is 1. The molecule has 1 amide bonds. The summed E-state index contributed by atoms with van der Waals surface area (Å²) in [5.74, 6) is -0.0691. The van der Waals surface area contributed by atoms with Crippen molar-refractivity contribution in [2.75, 3.05) is 30.9 Å². The van der Waals surface area contributed by atoms with Crippen molar-refractivity contribution in [1.29, 1.82) is 0 Å². The molecule has 1 unspecified atom stereocenters. The number of sulfonamides is 1. The van der Waals surface area contributed by atoms with Crippen LogP contribution in [0.25, 0.3) is 0 Å². The molecule has 1 N–H and O–H groups in total. The van der Waals surface area contributed by atoms with Crippen molar-refractivity contribution in [1.82, 2.24) is 9.62 Å². The summed E-state index contributed by atoms with van der Waals surface area (Å²) in [6.45, 7) is 0.344. The Labute approximate surface area is 119 Å². The second-order valence-electron chi connectivity index (χ2n) is 5.50. The normalized spacial score (nSPS) is 25.8. The highest BCUT2D eigenvalue weighted by Crippen LogP contribution is 2.28. The monoisotopic (exact) mass is 324 g/mol. The van der Waals surface area contributed by atoms with Crippen LogP contribution in [0, 0.1) is 5.92 Å². The Balaban J connectivity index is 1.92. The Bertz CT molecular complexity index is 580. The number of sulfone groups is 1. The van der Waals surface area contributed by atoms with E-state index in [4.69, 9.17) is 0 Å². The highest BCUT2D eigenvalue weighted by molar-refractivity contribution is 7.92. The van der Waals surface area contributed by atoms with Gasteiger partial charge in [0.1, 0.15) is 0 Å². The van der Waals surface area contributed by atoms with Gasteiger partial charge in [0.15, 0.2) is 9.84 Å². The van der Waals surface area contributed by atoms with Crippen LogP contribution in [-0.2, 0) is 24.7 Å². The van der Waals surface area contributed by atoms with Crippen molar-refractivity contribution in [2.24, 2.45) is 5.92 Å². The summed E-state index contributed by atoms with van der Waals surface area (Å²) < 4.78 is 47.7. The van der Waals surface area contributed by atoms with E-state index < -0.39 is 25.9 Å². The van der Waals surface area contributed by atoms with Crippen LogP contribution in [0.3, 0.4) is 0 Å². The van der Waals surface area contributed by atoms with Crippen LogP contribution in [0.5, 0.6) is 0 Å². The topological polar surface area (TPSA) is 101 Å². The Hall–Kier alpha value is -0.670. The van der Waals surface area contributed by atoms with Gasteiger partial charge in [-0.2, -0.15) is 4.31 Å². The first-order valence-corrected chi connectivity index (χ1v) is 10.3. The van der Waals surface area contributed by atoms with Crippen LogP contribution in [0.15, 0.2) is 0 Å². The number of carbonyl (C=O) groups excluding carboxylic acids is 1. The summed E-state index contributed by atoms with van der Waals surface area (Å²) in [4.78, 5) is 11.5. The maximum Gasteiger partial charge on any atom is 0.223 e. The van der Waals surface area contributed by atoms with Gasteiger partial charge in [0.2, 0.25) is 15.9 Å². The van der Waals surface area contributed by atoms with Gasteiger partial charge in [0.25, 0.3) is 0 Å². The number of hydrogen-bond donors (Lipinski definition) is 1. The highest BCUT2D eigenvalue weighted by Gasteiger charge is 2.36. The summed E-state index contributed by atoms with van der Waals surface area (Å²) in [7, 11) is -6.62. The summed E-state index contributed by atoms with van der Waals surface area (Å²) in [6.07, 6.45) is 3.18. The fourth-order valence-corrected chi connectivity index (χ4v) is 5.37. The van der Waals surface area contributed by atoms with Gasteiger partial charge in [-0.15, -0.1) is 0 Å². The van der Waals surface area contributed by atoms with E-state index in [9.17, 15) is 21.6 Å². The lowest BCUT2D eigenvalue weighted by Crippen LogP contribution is -2.45. The van der Waals surface area contributed by atoms with Gasteiger partial charge in [-0.05, 0) is 19.3 Å². The quantitative estimate of drug-likeness (QED) is 0.673. The molecule has 0 aromatic heterocycles. The maximum absolute atomic E-state index is 11.8. The molecular formula is C11H20N2O5S2. The molecule has 0 aromatic carbocycles. The lowest BCUT2D eigenvalue weighted by molar-refractivity contribution is -0.122. The molecule has 116 valence electrons. The molecular weight excluding hydrogens is 304 g/mol. The second kappa shape index (κ2) is 5.61. The average molecular weight is 324 g/mol. The Morgan fingerprint density at radius 2 is 1.95 bits per heavy atom. The molecule has 1 saturated heterocycles.